The maximum Gasteiger partial charge on any atom is 0.321 e. The van der Waals surface area contributed by atoms with Gasteiger partial charge in [-0.25, -0.2) is 9.97 Å². The minimum absolute atomic E-state index is 0.0881. The van der Waals surface area contributed by atoms with Crippen molar-refractivity contribution in [1.82, 2.24) is 59.4 Å². The van der Waals surface area contributed by atoms with Crippen LogP contribution >= 0.6 is 11.6 Å². The van der Waals surface area contributed by atoms with E-state index in [9.17, 15) is 9.59 Å². The summed E-state index contributed by atoms with van der Waals surface area (Å²) >= 11 is 5.68. The largest absolute Gasteiger partial charge is 0.371 e. The highest BCUT2D eigenvalue weighted by Crippen LogP contribution is 2.58. The van der Waals surface area contributed by atoms with Crippen molar-refractivity contribution in [3.63, 3.8) is 0 Å². The molecule has 1 N–H and O–H groups in total. The van der Waals surface area contributed by atoms with E-state index in [0.29, 0.717) is 64.5 Å². The van der Waals surface area contributed by atoms with Crippen LogP contribution in [0.1, 0.15) is 41.0 Å². The summed E-state index contributed by atoms with van der Waals surface area (Å²) in [5.74, 6) is 6.01. The van der Waals surface area contributed by atoms with Gasteiger partial charge in [0.2, 0.25) is 11.8 Å². The molecule has 0 radical (unpaired) electrons. The van der Waals surface area contributed by atoms with Crippen molar-refractivity contribution in [3.8, 4) is 6.07 Å². The van der Waals surface area contributed by atoms with Gasteiger partial charge >= 0.3 is 5.82 Å². The van der Waals surface area contributed by atoms with Crippen LogP contribution in [0.5, 0.6) is 0 Å². The lowest BCUT2D eigenvalue weighted by Crippen LogP contribution is -2.23. The van der Waals surface area contributed by atoms with Crippen molar-refractivity contribution >= 4 is 50.9 Å². The Labute approximate surface area is 362 Å². The first kappa shape index (κ1) is 39.4. The number of nitriles is 1. The second kappa shape index (κ2) is 16.0. The number of alkyl halides is 1. The summed E-state index contributed by atoms with van der Waals surface area (Å²) in [5.41, 5.74) is 3.33. The number of piperidine rings is 2. The summed E-state index contributed by atoms with van der Waals surface area (Å²) in [6.45, 7) is 11.6. The van der Waals surface area contributed by atoms with Crippen LogP contribution in [0.3, 0.4) is 0 Å². The molecule has 6 atom stereocenters. The third-order valence-electron chi connectivity index (χ3n) is 12.2. The fourth-order valence-electron chi connectivity index (χ4n) is 8.96. The van der Waals surface area contributed by atoms with Gasteiger partial charge in [-0.3, -0.25) is 14.7 Å². The molecular weight excluding hydrogens is 828 g/mol. The Morgan fingerprint density at radius 1 is 0.794 bits per heavy atom. The van der Waals surface area contributed by atoms with Crippen LogP contribution in [0.25, 0.3) is 26.9 Å². The van der Waals surface area contributed by atoms with Gasteiger partial charge in [-0.15, -0.1) is 11.6 Å². The third-order valence-corrected chi connectivity index (χ3v) is 12.5. The number of hydrogen-bond acceptors (Lipinski definition) is 15. The molecular formula is C42H37ClN16O4. The number of aromatic amines is 1. The predicted molar refractivity (Wildman–Crippen MR) is 227 cm³/mol. The Morgan fingerprint density at radius 2 is 1.32 bits per heavy atom. The molecule has 8 heterocycles. The van der Waals surface area contributed by atoms with Gasteiger partial charge in [0.05, 0.1) is 12.7 Å². The maximum absolute atomic E-state index is 12.6. The molecule has 6 aromatic heterocycles. The molecule has 4 fully saturated rings. The van der Waals surface area contributed by atoms with Crippen LogP contribution in [-0.4, -0.2) is 85.5 Å². The van der Waals surface area contributed by atoms with E-state index >= 15 is 0 Å². The van der Waals surface area contributed by atoms with Crippen molar-refractivity contribution in [1.29, 1.82) is 5.26 Å². The normalized spacial score (nSPS) is 21.5. The molecule has 4 aliphatic rings. The molecule has 2 unspecified atom stereocenters. The van der Waals surface area contributed by atoms with E-state index in [1.807, 2.05) is 12.1 Å². The van der Waals surface area contributed by atoms with E-state index in [2.05, 4.69) is 115 Å². The van der Waals surface area contributed by atoms with Gasteiger partial charge in [-0.05, 0) is 53.0 Å². The highest BCUT2D eigenvalue weighted by Gasteiger charge is 2.59. The van der Waals surface area contributed by atoms with E-state index < -0.39 is 0 Å². The molecule has 8 aromatic rings. The number of fused-ring (bicyclic) bond motifs is 4. The minimum atomic E-state index is -0.273. The zero-order chi connectivity index (χ0) is 43.4. The van der Waals surface area contributed by atoms with Crippen LogP contribution in [-0.2, 0) is 26.5 Å². The van der Waals surface area contributed by atoms with Crippen molar-refractivity contribution < 1.29 is 9.05 Å². The summed E-state index contributed by atoms with van der Waals surface area (Å²) in [6, 6.07) is 22.8. The summed E-state index contributed by atoms with van der Waals surface area (Å²) in [7, 11) is 3.20. The minimum Gasteiger partial charge on any atom is -0.371 e. The van der Waals surface area contributed by atoms with E-state index in [1.54, 1.807) is 14.1 Å². The van der Waals surface area contributed by atoms with E-state index in [-0.39, 0.29) is 45.7 Å². The summed E-state index contributed by atoms with van der Waals surface area (Å²) in [4.78, 5) is 49.2. The summed E-state index contributed by atoms with van der Waals surface area (Å²) in [6.07, 6.45) is 2.75. The van der Waals surface area contributed by atoms with Gasteiger partial charge in [0.1, 0.15) is 29.5 Å². The number of hydrogen-bond donors (Lipinski definition) is 1. The Bertz CT molecular complexity index is 3150. The quantitative estimate of drug-likeness (QED) is 0.175. The molecule has 2 saturated carbocycles. The Kier molecular flexibility index (Phi) is 9.99. The lowest BCUT2D eigenvalue weighted by Gasteiger charge is -2.21. The number of aryl methyl sites for hydroxylation is 2. The van der Waals surface area contributed by atoms with Crippen molar-refractivity contribution in [2.75, 3.05) is 36.0 Å². The van der Waals surface area contributed by atoms with E-state index in [1.165, 1.54) is 37.8 Å². The summed E-state index contributed by atoms with van der Waals surface area (Å²) in [5, 5.41) is 27.2. The van der Waals surface area contributed by atoms with Crippen LogP contribution < -0.4 is 20.9 Å². The number of aromatic nitrogens is 12. The second-order valence-corrected chi connectivity index (χ2v) is 16.2. The molecule has 2 aromatic carbocycles. The molecule has 2 aliphatic heterocycles. The maximum atomic E-state index is 12.6. The highest BCUT2D eigenvalue weighted by atomic mass is 35.5. The molecule has 12 rings (SSSR count). The Morgan fingerprint density at radius 3 is 1.84 bits per heavy atom. The van der Waals surface area contributed by atoms with Gasteiger partial charge < -0.3 is 32.8 Å². The number of H-pyrrole nitrogens is 1. The smallest absolute Gasteiger partial charge is 0.321 e. The SMILES string of the molecule is ClCc1nc(C2[C@H]3CN(c4ccccc4)C[C@@H]23)no1.Cn1cnc2c(C#N)n[nH]c2c1=O.[C-]#[N+]c1nn(Cc2nc(C3[C@H]4CN(c5ccccc5)C[C@@H]34)no2)c2c(=O)n(C)cnc12. The van der Waals surface area contributed by atoms with Gasteiger partial charge in [-0.2, -0.15) is 25.0 Å². The van der Waals surface area contributed by atoms with Gasteiger partial charge in [0.25, 0.3) is 11.1 Å². The van der Waals surface area contributed by atoms with Gasteiger partial charge in [0, 0.05) is 63.5 Å². The molecule has 21 heteroatoms. The number of nitrogens with one attached hydrogen (secondary N) is 1. The first-order valence-electron chi connectivity index (χ1n) is 20.1. The fraction of sp³-hybridized carbons (Fsp3) is 0.333. The molecule has 0 amide bonds. The summed E-state index contributed by atoms with van der Waals surface area (Å²) < 4.78 is 14.7. The third kappa shape index (κ3) is 7.23. The zero-order valence-electron chi connectivity index (χ0n) is 33.9. The van der Waals surface area contributed by atoms with Gasteiger partial charge in [-0.1, -0.05) is 53.3 Å². The fourth-order valence-corrected chi connectivity index (χ4v) is 9.07. The van der Waals surface area contributed by atoms with Gasteiger partial charge in [0.15, 0.2) is 28.4 Å². The molecule has 0 spiro atoms. The molecule has 2 aliphatic carbocycles. The number of benzene rings is 2. The molecule has 316 valence electrons. The highest BCUT2D eigenvalue weighted by molar-refractivity contribution is 6.16. The molecule has 0 bridgehead atoms. The van der Waals surface area contributed by atoms with Crippen molar-refractivity contribution in [2.45, 2.75) is 24.3 Å². The van der Waals surface area contributed by atoms with E-state index in [4.69, 9.17) is 32.5 Å². The molecule has 63 heavy (non-hydrogen) atoms. The topological polar surface area (TPSA) is 229 Å². The first-order chi connectivity index (χ1) is 30.7. The van der Waals surface area contributed by atoms with Crippen molar-refractivity contribution in [2.24, 2.45) is 37.8 Å². The van der Waals surface area contributed by atoms with Crippen LogP contribution in [0.15, 0.2) is 92.0 Å². The Hall–Kier alpha value is -7.71. The molecule has 2 saturated heterocycles. The average molecular weight is 865 g/mol. The van der Waals surface area contributed by atoms with Crippen LogP contribution in [0.4, 0.5) is 17.2 Å². The predicted octanol–water partition coefficient (Wildman–Crippen LogP) is 4.15. The lowest BCUT2D eigenvalue weighted by molar-refractivity contribution is 0.362. The second-order valence-electron chi connectivity index (χ2n) is 15.9. The van der Waals surface area contributed by atoms with Crippen molar-refractivity contribution in [3.05, 3.63) is 135 Å². The Balaban J connectivity index is 0.000000125. The first-order valence-corrected chi connectivity index (χ1v) is 20.7. The zero-order valence-corrected chi connectivity index (χ0v) is 34.6. The average Bonchev–Trinajstić information content (AvgIpc) is 3.88. The number of rotatable bonds is 7. The number of nitrogens with zero attached hydrogens (tertiary/aromatic N) is 15. The number of halogens is 1. The van der Waals surface area contributed by atoms with Crippen LogP contribution in [0, 0.1) is 41.6 Å². The number of para-hydroxylation sites is 2. The molecule has 20 nitrogen and oxygen atoms in total. The standard InChI is InChI=1S/C21H18N8O2.C14H14ClN3O.C7H5N5O/c1-22-20-17-18(21(30)27(2)11-23-17)29(25-20)10-15-24-19(26-31-15)16-13-8-28(9-14(13)16)12-6-4-3-5-7-12;15-6-12-16-14(17-19-12)13-10-7-18(8-11(10)13)9-4-2-1-3-5-9;1-12-3-9-5-4(2-8)10-11-6(5)7(12)13/h3-7,11,13-14,16H,8-10H2,2H3;1-5,10-11,13H,6-8H2;3H,1H3,(H,10,11)/t13-,14+,16?;10-,11+,13?;. The monoisotopic (exact) mass is 864 g/mol. The number of anilines is 2. The van der Waals surface area contributed by atoms with E-state index in [0.717, 1.165) is 32.0 Å². The lowest BCUT2D eigenvalue weighted by atomic mass is 10.2. The van der Waals surface area contributed by atoms with Crippen LogP contribution in [0.2, 0.25) is 0 Å².